The summed E-state index contributed by atoms with van der Waals surface area (Å²) in [6, 6.07) is 6.06. The van der Waals surface area contributed by atoms with E-state index in [1.54, 1.807) is 30.0 Å². The first kappa shape index (κ1) is 38.2. The van der Waals surface area contributed by atoms with E-state index in [0.29, 0.717) is 42.9 Å². The van der Waals surface area contributed by atoms with Gasteiger partial charge in [-0.25, -0.2) is 8.78 Å². The van der Waals surface area contributed by atoms with Crippen LogP contribution in [0, 0.1) is 24.5 Å². The molecule has 0 bridgehead atoms. The minimum absolute atomic E-state index is 0.0549. The molecular weight excluding hydrogens is 598 g/mol. The number of thioether (sulfide) groups is 1. The monoisotopic (exact) mass is 648 g/mol. The molecule has 45 heavy (non-hydrogen) atoms. The van der Waals surface area contributed by atoms with Gasteiger partial charge in [-0.1, -0.05) is 27.7 Å². The van der Waals surface area contributed by atoms with Gasteiger partial charge in [-0.05, 0) is 92.0 Å². The molecule has 0 heterocycles. The Labute approximate surface area is 271 Å². The molecule has 8 nitrogen and oxygen atoms in total. The van der Waals surface area contributed by atoms with Crippen molar-refractivity contribution in [2.75, 3.05) is 38.2 Å². The van der Waals surface area contributed by atoms with E-state index < -0.39 is 35.7 Å². The van der Waals surface area contributed by atoms with Crippen molar-refractivity contribution in [3.63, 3.8) is 0 Å². The number of aliphatic hydroxyl groups excluding tert-OH is 1. The lowest BCUT2D eigenvalue weighted by Crippen LogP contribution is -2.55. The van der Waals surface area contributed by atoms with E-state index in [0.717, 1.165) is 31.0 Å². The normalized spacial score (nSPS) is 13.3. The summed E-state index contributed by atoms with van der Waals surface area (Å²) < 4.78 is 27.6. The third-order valence-corrected chi connectivity index (χ3v) is 7.98. The van der Waals surface area contributed by atoms with E-state index in [2.05, 4.69) is 5.32 Å². The molecule has 11 heteroatoms. The molecule has 2 aromatic carbocycles. The summed E-state index contributed by atoms with van der Waals surface area (Å²) >= 11 is 1.52. The summed E-state index contributed by atoms with van der Waals surface area (Å²) in [5, 5.41) is 14.2. The second kappa shape index (κ2) is 18.8. The highest BCUT2D eigenvalue weighted by Crippen LogP contribution is 2.20. The van der Waals surface area contributed by atoms with Crippen LogP contribution in [-0.2, 0) is 11.2 Å². The Bertz CT molecular complexity index is 1250. The Balaban J connectivity index is 2.52. The van der Waals surface area contributed by atoms with Crippen LogP contribution in [0.5, 0.6) is 0 Å². The lowest BCUT2D eigenvalue weighted by atomic mass is 9.99. The summed E-state index contributed by atoms with van der Waals surface area (Å²) in [7, 11) is 0. The Morgan fingerprint density at radius 1 is 0.956 bits per heavy atom. The molecule has 0 fully saturated rings. The number of carbonyl (C=O) groups is 3. The standard InChI is InChI=1S/C34H50F2N4O4S/c1-7-10-39(11-8-2)33(43)25-13-23(5)14-26(18-25)34(44)40(30(9-12-45-6)32(42)38-20-22(3)4)21-31(41)29(37)17-24-15-27(35)19-28(36)16-24/h13-16,18-19,22,29-31,41H,7-12,17,20-21,37H2,1-6H3,(H,38,42)/t29-,30+,31-/m1/s1. The zero-order valence-corrected chi connectivity index (χ0v) is 28.3. The fraction of sp³-hybridized carbons (Fsp3) is 0.559. The summed E-state index contributed by atoms with van der Waals surface area (Å²) in [4.78, 5) is 44.4. The van der Waals surface area contributed by atoms with Crippen molar-refractivity contribution in [3.05, 3.63) is 70.3 Å². The molecule has 3 atom stereocenters. The van der Waals surface area contributed by atoms with Gasteiger partial charge >= 0.3 is 0 Å². The van der Waals surface area contributed by atoms with E-state index >= 15 is 0 Å². The summed E-state index contributed by atoms with van der Waals surface area (Å²) in [5.41, 5.74) is 7.85. The first-order valence-electron chi connectivity index (χ1n) is 15.7. The lowest BCUT2D eigenvalue weighted by molar-refractivity contribution is -0.126. The number of aryl methyl sites for hydroxylation is 1. The molecular formula is C34H50F2N4O4S. The van der Waals surface area contributed by atoms with Crippen LogP contribution in [0.1, 0.15) is 78.8 Å². The molecule has 250 valence electrons. The predicted octanol–water partition coefficient (Wildman–Crippen LogP) is 4.80. The third-order valence-electron chi connectivity index (χ3n) is 7.34. The fourth-order valence-electron chi connectivity index (χ4n) is 5.14. The number of halogens is 2. The van der Waals surface area contributed by atoms with Gasteiger partial charge in [0.25, 0.3) is 11.8 Å². The molecule has 0 spiro atoms. The molecule has 4 N–H and O–H groups in total. The number of nitrogens with two attached hydrogens (primary N) is 1. The van der Waals surface area contributed by atoms with Gasteiger partial charge in [0.1, 0.15) is 17.7 Å². The van der Waals surface area contributed by atoms with Gasteiger partial charge in [0.15, 0.2) is 0 Å². The zero-order chi connectivity index (χ0) is 33.7. The topological polar surface area (TPSA) is 116 Å². The first-order valence-corrected chi connectivity index (χ1v) is 17.1. The van der Waals surface area contributed by atoms with E-state index in [1.807, 2.05) is 34.0 Å². The average Bonchev–Trinajstić information content (AvgIpc) is 2.97. The highest BCUT2D eigenvalue weighted by Gasteiger charge is 2.34. The molecule has 0 aliphatic rings. The zero-order valence-electron chi connectivity index (χ0n) is 27.4. The van der Waals surface area contributed by atoms with Gasteiger partial charge in [0.2, 0.25) is 5.91 Å². The highest BCUT2D eigenvalue weighted by molar-refractivity contribution is 7.98. The average molecular weight is 649 g/mol. The van der Waals surface area contributed by atoms with Crippen LogP contribution in [-0.4, -0.2) is 89.0 Å². The van der Waals surface area contributed by atoms with Gasteiger partial charge in [-0.2, -0.15) is 11.8 Å². The number of nitrogens with one attached hydrogen (secondary N) is 1. The number of hydrogen-bond donors (Lipinski definition) is 3. The van der Waals surface area contributed by atoms with Crippen LogP contribution in [0.25, 0.3) is 0 Å². The minimum atomic E-state index is -1.33. The lowest BCUT2D eigenvalue weighted by Gasteiger charge is -2.34. The molecule has 3 amide bonds. The van der Waals surface area contributed by atoms with Crippen LogP contribution in [0.15, 0.2) is 36.4 Å². The molecule has 0 aliphatic carbocycles. The maximum absolute atomic E-state index is 14.3. The first-order chi connectivity index (χ1) is 21.3. The number of aliphatic hydroxyl groups is 1. The predicted molar refractivity (Wildman–Crippen MR) is 177 cm³/mol. The van der Waals surface area contributed by atoms with Crippen molar-refractivity contribution in [1.82, 2.24) is 15.1 Å². The molecule has 0 aliphatic heterocycles. The third kappa shape index (κ3) is 12.0. The number of nitrogens with zero attached hydrogens (tertiary/aromatic N) is 2. The second-order valence-electron chi connectivity index (χ2n) is 12.0. The van der Waals surface area contributed by atoms with E-state index in [-0.39, 0.29) is 41.8 Å². The summed E-state index contributed by atoms with van der Waals surface area (Å²) in [6.07, 6.45) is 2.41. The maximum atomic E-state index is 14.3. The number of benzene rings is 2. The summed E-state index contributed by atoms with van der Waals surface area (Å²) in [5.74, 6) is -1.86. The number of carbonyl (C=O) groups excluding carboxylic acids is 3. The van der Waals surface area contributed by atoms with Crippen LogP contribution < -0.4 is 11.1 Å². The maximum Gasteiger partial charge on any atom is 0.254 e. The molecule has 0 radical (unpaired) electrons. The number of hydrogen-bond acceptors (Lipinski definition) is 6. The smallest absolute Gasteiger partial charge is 0.254 e. The highest BCUT2D eigenvalue weighted by atomic mass is 32.2. The second-order valence-corrected chi connectivity index (χ2v) is 13.0. The van der Waals surface area contributed by atoms with Gasteiger partial charge in [-0.3, -0.25) is 14.4 Å². The van der Waals surface area contributed by atoms with E-state index in [1.165, 1.54) is 16.7 Å². The summed E-state index contributed by atoms with van der Waals surface area (Å²) in [6.45, 7) is 11.0. The largest absolute Gasteiger partial charge is 0.390 e. The Morgan fingerprint density at radius 2 is 1.53 bits per heavy atom. The molecule has 2 aromatic rings. The molecule has 0 saturated carbocycles. The van der Waals surface area contributed by atoms with Crippen LogP contribution in [0.2, 0.25) is 0 Å². The van der Waals surface area contributed by atoms with Crippen LogP contribution >= 0.6 is 11.8 Å². The van der Waals surface area contributed by atoms with Crippen molar-refractivity contribution in [2.45, 2.75) is 78.5 Å². The van der Waals surface area contributed by atoms with Gasteiger partial charge in [0.05, 0.1) is 6.10 Å². The number of amides is 3. The van der Waals surface area contributed by atoms with Crippen molar-refractivity contribution < 1.29 is 28.3 Å². The fourth-order valence-corrected chi connectivity index (χ4v) is 5.60. The SMILES string of the molecule is CCCN(CCC)C(=O)c1cc(C)cc(C(=O)N(C[C@@H](O)[C@H](N)Cc2cc(F)cc(F)c2)[C@@H](CCSC)C(=O)NCC(C)C)c1. The minimum Gasteiger partial charge on any atom is -0.390 e. The van der Waals surface area contributed by atoms with Gasteiger partial charge < -0.3 is 26.0 Å². The number of rotatable bonds is 18. The molecule has 0 saturated heterocycles. The van der Waals surface area contributed by atoms with Crippen molar-refractivity contribution in [1.29, 1.82) is 0 Å². The van der Waals surface area contributed by atoms with Crippen molar-refractivity contribution >= 4 is 29.5 Å². The van der Waals surface area contributed by atoms with Gasteiger partial charge in [0, 0.05) is 49.4 Å². The Kier molecular flexibility index (Phi) is 16.0. The Hall–Kier alpha value is -3.02. The van der Waals surface area contributed by atoms with E-state index in [4.69, 9.17) is 5.73 Å². The molecule has 0 unspecified atom stereocenters. The van der Waals surface area contributed by atoms with Crippen LogP contribution in [0.4, 0.5) is 8.78 Å². The van der Waals surface area contributed by atoms with Crippen molar-refractivity contribution in [3.8, 4) is 0 Å². The molecule has 0 aromatic heterocycles. The Morgan fingerprint density at radius 3 is 2.07 bits per heavy atom. The van der Waals surface area contributed by atoms with Crippen LogP contribution in [0.3, 0.4) is 0 Å². The van der Waals surface area contributed by atoms with E-state index in [9.17, 15) is 28.3 Å². The van der Waals surface area contributed by atoms with Gasteiger partial charge in [-0.15, -0.1) is 0 Å². The molecule has 2 rings (SSSR count). The quantitative estimate of drug-likeness (QED) is 0.214. The van der Waals surface area contributed by atoms with Crippen molar-refractivity contribution in [2.24, 2.45) is 11.7 Å².